The van der Waals surface area contributed by atoms with E-state index < -0.39 is 0 Å². The van der Waals surface area contributed by atoms with Crippen LogP contribution in [0.4, 0.5) is 0 Å². The molecular formula is C13H26N4. The molecule has 4 nitrogen and oxygen atoms in total. The molecule has 2 rings (SSSR count). The molecule has 0 aromatic carbocycles. The minimum atomic E-state index is 0.188. The molecule has 17 heavy (non-hydrogen) atoms. The summed E-state index contributed by atoms with van der Waals surface area (Å²) in [6.45, 7) is 0.903. The molecule has 2 aliphatic rings. The molecule has 2 aliphatic carbocycles. The van der Waals surface area contributed by atoms with Gasteiger partial charge in [-0.25, -0.2) is 0 Å². The molecule has 4 heteroatoms. The van der Waals surface area contributed by atoms with Crippen molar-refractivity contribution in [1.82, 2.24) is 22.1 Å². The summed E-state index contributed by atoms with van der Waals surface area (Å²) >= 11 is 0. The van der Waals surface area contributed by atoms with Gasteiger partial charge in [0.1, 0.15) is 0 Å². The summed E-state index contributed by atoms with van der Waals surface area (Å²) in [5.41, 5.74) is 15.3. The number of hydrogen-bond acceptors (Lipinski definition) is 2. The summed E-state index contributed by atoms with van der Waals surface area (Å²) in [7, 11) is 0. The van der Waals surface area contributed by atoms with Crippen LogP contribution in [0.15, 0.2) is 0 Å². The third-order valence-electron chi connectivity index (χ3n) is 4.24. The van der Waals surface area contributed by atoms with Gasteiger partial charge in [-0.05, 0) is 51.4 Å². The van der Waals surface area contributed by atoms with Crippen LogP contribution in [0.1, 0.15) is 51.4 Å². The van der Waals surface area contributed by atoms with E-state index >= 15 is 0 Å². The molecule has 0 bridgehead atoms. The SMILES string of the molecule is [NH]C1CCC(NCNC2CCC([NH])CC2)CC1. The third kappa shape index (κ3) is 4.54. The molecule has 2 radical (unpaired) electrons. The minimum Gasteiger partial charge on any atom is -0.302 e. The van der Waals surface area contributed by atoms with E-state index in [2.05, 4.69) is 10.6 Å². The van der Waals surface area contributed by atoms with Gasteiger partial charge >= 0.3 is 0 Å². The molecule has 0 saturated heterocycles. The van der Waals surface area contributed by atoms with Crippen molar-refractivity contribution in [3.63, 3.8) is 0 Å². The molecule has 0 aliphatic heterocycles. The maximum atomic E-state index is 7.66. The van der Waals surface area contributed by atoms with E-state index in [1.807, 2.05) is 0 Å². The molecule has 0 amide bonds. The van der Waals surface area contributed by atoms with Crippen molar-refractivity contribution in [2.45, 2.75) is 75.5 Å². The Kier molecular flexibility index (Phi) is 5.22. The lowest BCUT2D eigenvalue weighted by atomic mass is 9.91. The fourth-order valence-electron chi connectivity index (χ4n) is 2.94. The van der Waals surface area contributed by atoms with E-state index in [1.54, 1.807) is 0 Å². The van der Waals surface area contributed by atoms with Crippen LogP contribution in [-0.4, -0.2) is 30.8 Å². The standard InChI is InChI=1S/C13H26N4/c14-10-1-5-12(6-2-10)16-9-17-13-7-3-11(15)4-8-13/h10-17H,1-9H2. The second-order valence-corrected chi connectivity index (χ2v) is 5.68. The van der Waals surface area contributed by atoms with E-state index in [9.17, 15) is 0 Å². The van der Waals surface area contributed by atoms with Crippen LogP contribution in [0.25, 0.3) is 0 Å². The van der Waals surface area contributed by atoms with Crippen molar-refractivity contribution >= 4 is 0 Å². The molecule has 0 heterocycles. The Labute approximate surface area is 105 Å². The quantitative estimate of drug-likeness (QED) is 0.725. The zero-order valence-corrected chi connectivity index (χ0v) is 10.7. The Morgan fingerprint density at radius 3 is 1.35 bits per heavy atom. The van der Waals surface area contributed by atoms with Gasteiger partial charge in [0.05, 0.1) is 0 Å². The molecule has 0 aromatic rings. The van der Waals surface area contributed by atoms with Crippen LogP contribution in [-0.2, 0) is 0 Å². The molecule has 0 unspecified atom stereocenters. The Morgan fingerprint density at radius 1 is 0.647 bits per heavy atom. The van der Waals surface area contributed by atoms with Gasteiger partial charge in [0.2, 0.25) is 0 Å². The van der Waals surface area contributed by atoms with Crippen molar-refractivity contribution in [3.05, 3.63) is 0 Å². The Bertz CT molecular complexity index is 183. The fraction of sp³-hybridized carbons (Fsp3) is 1.00. The minimum absolute atomic E-state index is 0.188. The number of nitrogens with one attached hydrogen (secondary N) is 4. The first-order chi connectivity index (χ1) is 8.24. The first-order valence-electron chi connectivity index (χ1n) is 7.13. The maximum absolute atomic E-state index is 7.66. The van der Waals surface area contributed by atoms with E-state index in [-0.39, 0.29) is 12.1 Å². The van der Waals surface area contributed by atoms with Crippen LogP contribution in [0, 0.1) is 0 Å². The van der Waals surface area contributed by atoms with Crippen molar-refractivity contribution < 1.29 is 0 Å². The highest BCUT2D eigenvalue weighted by molar-refractivity contribution is 4.80. The Balaban J connectivity index is 1.54. The van der Waals surface area contributed by atoms with Gasteiger partial charge in [0.15, 0.2) is 0 Å². The Morgan fingerprint density at radius 2 is 1.00 bits per heavy atom. The number of hydrogen-bond donors (Lipinski definition) is 2. The highest BCUT2D eigenvalue weighted by atomic mass is 15.1. The molecule has 0 atom stereocenters. The molecular weight excluding hydrogens is 212 g/mol. The Hall–Kier alpha value is -0.160. The monoisotopic (exact) mass is 238 g/mol. The highest BCUT2D eigenvalue weighted by Gasteiger charge is 2.20. The third-order valence-corrected chi connectivity index (χ3v) is 4.24. The highest BCUT2D eigenvalue weighted by Crippen LogP contribution is 2.19. The normalized spacial score (nSPS) is 39.2. The average molecular weight is 238 g/mol. The summed E-state index contributed by atoms with van der Waals surface area (Å²) in [5, 5.41) is 7.12. The predicted molar refractivity (Wildman–Crippen MR) is 69.4 cm³/mol. The van der Waals surface area contributed by atoms with Crippen LogP contribution in [0.5, 0.6) is 0 Å². The lowest BCUT2D eigenvalue weighted by Crippen LogP contribution is -2.44. The predicted octanol–water partition coefficient (Wildman–Crippen LogP) is 1.31. The van der Waals surface area contributed by atoms with Crippen molar-refractivity contribution in [2.24, 2.45) is 0 Å². The van der Waals surface area contributed by atoms with Gasteiger partial charge in [0, 0.05) is 30.8 Å². The molecule has 0 aromatic heterocycles. The van der Waals surface area contributed by atoms with Gasteiger partial charge in [-0.3, -0.25) is 11.5 Å². The summed E-state index contributed by atoms with van der Waals surface area (Å²) < 4.78 is 0. The van der Waals surface area contributed by atoms with Gasteiger partial charge in [-0.2, -0.15) is 0 Å². The van der Waals surface area contributed by atoms with Crippen LogP contribution in [0.2, 0.25) is 0 Å². The van der Waals surface area contributed by atoms with Crippen LogP contribution >= 0.6 is 0 Å². The fourth-order valence-corrected chi connectivity index (χ4v) is 2.94. The molecule has 98 valence electrons. The summed E-state index contributed by atoms with van der Waals surface area (Å²) in [6.07, 6.45) is 8.88. The summed E-state index contributed by atoms with van der Waals surface area (Å²) in [4.78, 5) is 0. The van der Waals surface area contributed by atoms with Gasteiger partial charge < -0.3 is 10.6 Å². The van der Waals surface area contributed by atoms with Crippen LogP contribution < -0.4 is 22.1 Å². The van der Waals surface area contributed by atoms with Crippen molar-refractivity contribution in [2.75, 3.05) is 6.67 Å². The average Bonchev–Trinajstić information content (AvgIpc) is 2.34. The first kappa shape index (κ1) is 13.3. The van der Waals surface area contributed by atoms with E-state index in [0.29, 0.717) is 12.1 Å². The first-order valence-corrected chi connectivity index (χ1v) is 7.13. The topological polar surface area (TPSA) is 71.7 Å². The zero-order valence-electron chi connectivity index (χ0n) is 10.7. The second-order valence-electron chi connectivity index (χ2n) is 5.68. The molecule has 2 saturated carbocycles. The molecule has 4 N–H and O–H groups in total. The molecule has 2 fully saturated rings. The van der Waals surface area contributed by atoms with Gasteiger partial charge in [-0.1, -0.05) is 0 Å². The lowest BCUT2D eigenvalue weighted by molar-refractivity contribution is 0.297. The van der Waals surface area contributed by atoms with Crippen molar-refractivity contribution in [1.29, 1.82) is 0 Å². The van der Waals surface area contributed by atoms with E-state index in [0.717, 1.165) is 58.0 Å². The molecule has 0 spiro atoms. The van der Waals surface area contributed by atoms with Crippen LogP contribution in [0.3, 0.4) is 0 Å². The number of rotatable bonds is 4. The lowest BCUT2D eigenvalue weighted by Gasteiger charge is -2.29. The second kappa shape index (κ2) is 6.69. The van der Waals surface area contributed by atoms with Gasteiger partial charge in [-0.15, -0.1) is 0 Å². The zero-order chi connectivity index (χ0) is 12.1. The van der Waals surface area contributed by atoms with Crippen molar-refractivity contribution in [3.8, 4) is 0 Å². The van der Waals surface area contributed by atoms with E-state index in [4.69, 9.17) is 11.5 Å². The largest absolute Gasteiger partial charge is 0.302 e. The maximum Gasteiger partial charge on any atom is 0.0458 e. The summed E-state index contributed by atoms with van der Waals surface area (Å²) in [6, 6.07) is 1.62. The van der Waals surface area contributed by atoms with E-state index in [1.165, 1.54) is 0 Å². The summed E-state index contributed by atoms with van der Waals surface area (Å²) in [5.74, 6) is 0. The smallest absolute Gasteiger partial charge is 0.0458 e. The van der Waals surface area contributed by atoms with Gasteiger partial charge in [0.25, 0.3) is 0 Å².